The molecule has 1 unspecified atom stereocenters. The Bertz CT molecular complexity index is 545. The lowest BCUT2D eigenvalue weighted by Crippen LogP contribution is -2.17. The van der Waals surface area contributed by atoms with Gasteiger partial charge in [0.05, 0.1) is 18.2 Å². The number of halogens is 2. The third-order valence-electron chi connectivity index (χ3n) is 2.30. The standard InChI is InChI=1S/C11H11F2N3O2/c1-17-5-8(14)10-15-11(18-16-10)6-3-2-4-7(12)9(6)13/h2-4,8H,5,14H2,1H3. The van der Waals surface area contributed by atoms with Crippen LogP contribution in [0.3, 0.4) is 0 Å². The summed E-state index contributed by atoms with van der Waals surface area (Å²) in [5.74, 6) is -1.95. The van der Waals surface area contributed by atoms with Crippen molar-refractivity contribution in [3.63, 3.8) is 0 Å². The summed E-state index contributed by atoms with van der Waals surface area (Å²) in [7, 11) is 1.48. The van der Waals surface area contributed by atoms with Crippen LogP contribution in [0.1, 0.15) is 11.9 Å². The Morgan fingerprint density at radius 1 is 1.44 bits per heavy atom. The molecule has 2 rings (SSSR count). The normalized spacial score (nSPS) is 12.7. The first kappa shape index (κ1) is 12.6. The van der Waals surface area contributed by atoms with Crippen molar-refractivity contribution in [1.29, 1.82) is 0 Å². The zero-order valence-electron chi connectivity index (χ0n) is 9.56. The fourth-order valence-corrected chi connectivity index (χ4v) is 1.42. The highest BCUT2D eigenvalue weighted by Gasteiger charge is 2.18. The van der Waals surface area contributed by atoms with E-state index in [1.807, 2.05) is 0 Å². The average Bonchev–Trinajstić information content (AvgIpc) is 2.82. The maximum atomic E-state index is 13.5. The third kappa shape index (κ3) is 2.36. The van der Waals surface area contributed by atoms with Gasteiger partial charge in [-0.05, 0) is 12.1 Å². The highest BCUT2D eigenvalue weighted by Crippen LogP contribution is 2.23. The molecule has 0 amide bonds. The van der Waals surface area contributed by atoms with Crippen molar-refractivity contribution in [1.82, 2.24) is 10.1 Å². The maximum absolute atomic E-state index is 13.5. The Morgan fingerprint density at radius 3 is 2.94 bits per heavy atom. The monoisotopic (exact) mass is 255 g/mol. The molecule has 1 heterocycles. The molecule has 0 saturated carbocycles. The van der Waals surface area contributed by atoms with Crippen LogP contribution in [0.5, 0.6) is 0 Å². The molecule has 18 heavy (non-hydrogen) atoms. The zero-order valence-corrected chi connectivity index (χ0v) is 9.56. The van der Waals surface area contributed by atoms with E-state index in [1.54, 1.807) is 0 Å². The summed E-state index contributed by atoms with van der Waals surface area (Å²) < 4.78 is 36.2. The van der Waals surface area contributed by atoms with Crippen molar-refractivity contribution >= 4 is 0 Å². The van der Waals surface area contributed by atoms with Gasteiger partial charge in [-0.15, -0.1) is 0 Å². The molecule has 0 spiro atoms. The number of nitrogens with zero attached hydrogens (tertiary/aromatic N) is 2. The SMILES string of the molecule is COCC(N)c1noc(-c2cccc(F)c2F)n1. The van der Waals surface area contributed by atoms with E-state index in [4.69, 9.17) is 15.0 Å². The minimum absolute atomic E-state index is 0.0987. The van der Waals surface area contributed by atoms with Crippen LogP contribution in [0.4, 0.5) is 8.78 Å². The lowest BCUT2D eigenvalue weighted by atomic mass is 10.2. The summed E-state index contributed by atoms with van der Waals surface area (Å²) in [5, 5.41) is 3.60. The minimum atomic E-state index is -1.03. The van der Waals surface area contributed by atoms with E-state index in [0.29, 0.717) is 0 Å². The van der Waals surface area contributed by atoms with E-state index in [-0.39, 0.29) is 23.9 Å². The first-order valence-electron chi connectivity index (χ1n) is 5.16. The molecular weight excluding hydrogens is 244 g/mol. The summed E-state index contributed by atoms with van der Waals surface area (Å²) in [6.45, 7) is 0.199. The molecule has 1 atom stereocenters. The van der Waals surface area contributed by atoms with E-state index in [2.05, 4.69) is 10.1 Å². The van der Waals surface area contributed by atoms with E-state index in [9.17, 15) is 8.78 Å². The van der Waals surface area contributed by atoms with E-state index < -0.39 is 17.7 Å². The lowest BCUT2D eigenvalue weighted by Gasteiger charge is -2.03. The minimum Gasteiger partial charge on any atom is -0.383 e. The van der Waals surface area contributed by atoms with Gasteiger partial charge >= 0.3 is 0 Å². The van der Waals surface area contributed by atoms with Gasteiger partial charge in [0.1, 0.15) is 0 Å². The quantitative estimate of drug-likeness (QED) is 0.899. The van der Waals surface area contributed by atoms with E-state index in [1.165, 1.54) is 19.2 Å². The summed E-state index contributed by atoms with van der Waals surface area (Å²) in [6, 6.07) is 3.13. The summed E-state index contributed by atoms with van der Waals surface area (Å²) >= 11 is 0. The molecule has 1 aromatic heterocycles. The van der Waals surface area contributed by atoms with Crippen LogP contribution in [0, 0.1) is 11.6 Å². The van der Waals surface area contributed by atoms with Gasteiger partial charge in [-0.3, -0.25) is 0 Å². The Morgan fingerprint density at radius 2 is 2.22 bits per heavy atom. The van der Waals surface area contributed by atoms with Gasteiger partial charge in [0.2, 0.25) is 0 Å². The first-order chi connectivity index (χ1) is 8.63. The van der Waals surface area contributed by atoms with E-state index in [0.717, 1.165) is 6.07 Å². The molecule has 0 fully saturated rings. The lowest BCUT2D eigenvalue weighted by molar-refractivity contribution is 0.177. The summed E-state index contributed by atoms with van der Waals surface area (Å²) in [4.78, 5) is 3.91. The maximum Gasteiger partial charge on any atom is 0.261 e. The number of methoxy groups -OCH3 is 1. The van der Waals surface area contributed by atoms with E-state index >= 15 is 0 Å². The van der Waals surface area contributed by atoms with Crippen molar-refractivity contribution in [2.24, 2.45) is 5.73 Å². The van der Waals surface area contributed by atoms with Crippen LogP contribution in [0.2, 0.25) is 0 Å². The van der Waals surface area contributed by atoms with Gasteiger partial charge in [0.25, 0.3) is 5.89 Å². The van der Waals surface area contributed by atoms with Crippen molar-refractivity contribution < 1.29 is 18.0 Å². The zero-order chi connectivity index (χ0) is 13.1. The molecule has 0 bridgehead atoms. The topological polar surface area (TPSA) is 74.2 Å². The molecule has 0 aliphatic carbocycles. The number of nitrogens with two attached hydrogens (primary N) is 1. The predicted molar refractivity (Wildman–Crippen MR) is 58.5 cm³/mol. The van der Waals surface area contributed by atoms with Gasteiger partial charge < -0.3 is 15.0 Å². The second kappa shape index (κ2) is 5.19. The van der Waals surface area contributed by atoms with Gasteiger partial charge in [-0.2, -0.15) is 4.98 Å². The molecule has 2 aromatic rings. The summed E-state index contributed by atoms with van der Waals surface area (Å²) in [6.07, 6.45) is 0. The van der Waals surface area contributed by atoms with Crippen molar-refractivity contribution in [2.75, 3.05) is 13.7 Å². The van der Waals surface area contributed by atoms with Gasteiger partial charge in [-0.25, -0.2) is 8.78 Å². The molecular formula is C11H11F2N3O2. The number of hydrogen-bond donors (Lipinski definition) is 1. The van der Waals surface area contributed by atoms with Crippen LogP contribution < -0.4 is 5.73 Å². The number of benzene rings is 1. The molecule has 7 heteroatoms. The third-order valence-corrected chi connectivity index (χ3v) is 2.30. The smallest absolute Gasteiger partial charge is 0.261 e. The average molecular weight is 255 g/mol. The van der Waals surface area contributed by atoms with Gasteiger partial charge in [-0.1, -0.05) is 11.2 Å². The molecule has 96 valence electrons. The van der Waals surface area contributed by atoms with Crippen LogP contribution in [-0.4, -0.2) is 23.9 Å². The van der Waals surface area contributed by atoms with Crippen LogP contribution in [0.15, 0.2) is 22.7 Å². The van der Waals surface area contributed by atoms with Crippen LogP contribution >= 0.6 is 0 Å². The fraction of sp³-hybridized carbons (Fsp3) is 0.273. The number of ether oxygens (including phenoxy) is 1. The van der Waals surface area contributed by atoms with Crippen LogP contribution in [0.25, 0.3) is 11.5 Å². The van der Waals surface area contributed by atoms with Gasteiger partial charge in [0, 0.05) is 7.11 Å². The molecule has 2 N–H and O–H groups in total. The molecule has 0 aliphatic heterocycles. The largest absolute Gasteiger partial charge is 0.383 e. The summed E-state index contributed by atoms with van der Waals surface area (Å²) in [5.41, 5.74) is 5.59. The second-order valence-corrected chi connectivity index (χ2v) is 3.62. The second-order valence-electron chi connectivity index (χ2n) is 3.62. The molecule has 5 nitrogen and oxygen atoms in total. The first-order valence-corrected chi connectivity index (χ1v) is 5.16. The van der Waals surface area contributed by atoms with Crippen molar-refractivity contribution in [3.8, 4) is 11.5 Å². The Labute approximate surface area is 102 Å². The molecule has 0 saturated heterocycles. The van der Waals surface area contributed by atoms with Crippen molar-refractivity contribution in [3.05, 3.63) is 35.7 Å². The Kier molecular flexibility index (Phi) is 3.63. The molecule has 0 aliphatic rings. The van der Waals surface area contributed by atoms with Crippen LogP contribution in [-0.2, 0) is 4.74 Å². The fourth-order valence-electron chi connectivity index (χ4n) is 1.42. The Balaban J connectivity index is 2.32. The highest BCUT2D eigenvalue weighted by molar-refractivity contribution is 5.53. The predicted octanol–water partition coefficient (Wildman–Crippen LogP) is 1.66. The Hall–Kier alpha value is -1.86. The highest BCUT2D eigenvalue weighted by atomic mass is 19.2. The number of rotatable bonds is 4. The van der Waals surface area contributed by atoms with Crippen molar-refractivity contribution in [2.45, 2.75) is 6.04 Å². The molecule has 0 radical (unpaired) electrons. The van der Waals surface area contributed by atoms with Gasteiger partial charge in [0.15, 0.2) is 17.5 Å². The molecule has 1 aromatic carbocycles. The number of aromatic nitrogens is 2. The number of hydrogen-bond acceptors (Lipinski definition) is 5.